The molecule has 2 rings (SSSR count). The monoisotopic (exact) mass is 281 g/mol. The molecular weight excluding hydrogens is 262 g/mol. The molecule has 1 aromatic rings. The largest absolute Gasteiger partial charge is 0.396 e. The molecule has 19 heavy (non-hydrogen) atoms. The van der Waals surface area contributed by atoms with Gasteiger partial charge in [-0.3, -0.25) is 4.79 Å². The number of amides is 1. The minimum atomic E-state index is 0.0278. The minimum absolute atomic E-state index is 0.0278. The molecule has 1 saturated heterocycles. The van der Waals surface area contributed by atoms with E-state index in [1.807, 2.05) is 24.0 Å². The number of benzene rings is 1. The van der Waals surface area contributed by atoms with Crippen molar-refractivity contribution in [3.8, 4) is 0 Å². The van der Waals surface area contributed by atoms with Crippen LogP contribution < -0.4 is 0 Å². The van der Waals surface area contributed by atoms with E-state index in [0.717, 1.165) is 31.4 Å². The van der Waals surface area contributed by atoms with E-state index in [1.54, 1.807) is 6.07 Å². The average Bonchev–Trinajstić information content (AvgIpc) is 2.42. The van der Waals surface area contributed by atoms with E-state index in [0.29, 0.717) is 17.0 Å². The minimum Gasteiger partial charge on any atom is -0.396 e. The maximum Gasteiger partial charge on any atom is 0.254 e. The summed E-state index contributed by atoms with van der Waals surface area (Å²) >= 11 is 6.08. The van der Waals surface area contributed by atoms with Gasteiger partial charge in [0.05, 0.1) is 0 Å². The van der Waals surface area contributed by atoms with Gasteiger partial charge in [-0.05, 0) is 50.3 Å². The van der Waals surface area contributed by atoms with E-state index in [4.69, 9.17) is 16.7 Å². The lowest BCUT2D eigenvalue weighted by atomic mass is 9.98. The number of aliphatic hydroxyl groups excluding tert-OH is 1. The summed E-state index contributed by atoms with van der Waals surface area (Å²) in [5, 5.41) is 9.74. The number of rotatable bonds is 3. The molecular formula is C15H20ClNO2. The Labute approximate surface area is 119 Å². The first kappa shape index (κ1) is 14.4. The molecule has 1 aliphatic rings. The van der Waals surface area contributed by atoms with Crippen molar-refractivity contribution in [2.75, 3.05) is 13.2 Å². The van der Waals surface area contributed by atoms with Crippen LogP contribution in [-0.4, -0.2) is 35.1 Å². The molecule has 0 bridgehead atoms. The van der Waals surface area contributed by atoms with Crippen molar-refractivity contribution in [3.05, 3.63) is 34.3 Å². The third kappa shape index (κ3) is 3.28. The van der Waals surface area contributed by atoms with E-state index >= 15 is 0 Å². The molecule has 3 nitrogen and oxygen atoms in total. The second-order valence-corrected chi connectivity index (χ2v) is 5.53. The number of hydrogen-bond donors (Lipinski definition) is 1. The van der Waals surface area contributed by atoms with Crippen LogP contribution in [0.2, 0.25) is 5.02 Å². The summed E-state index contributed by atoms with van der Waals surface area (Å²) in [7, 11) is 0. The van der Waals surface area contributed by atoms with E-state index in [1.165, 1.54) is 0 Å². The summed E-state index contributed by atoms with van der Waals surface area (Å²) in [5.74, 6) is 0.0278. The van der Waals surface area contributed by atoms with Crippen LogP contribution in [0.1, 0.15) is 41.6 Å². The molecule has 0 saturated carbocycles. The summed E-state index contributed by atoms with van der Waals surface area (Å²) < 4.78 is 0. The molecule has 1 heterocycles. The fraction of sp³-hybridized carbons (Fsp3) is 0.533. The number of aryl methyl sites for hydroxylation is 1. The maximum atomic E-state index is 12.5. The summed E-state index contributed by atoms with van der Waals surface area (Å²) in [6, 6.07) is 5.60. The number of hydrogen-bond acceptors (Lipinski definition) is 2. The molecule has 1 amide bonds. The molecule has 0 aromatic heterocycles. The first-order valence-corrected chi connectivity index (χ1v) is 7.19. The van der Waals surface area contributed by atoms with Crippen molar-refractivity contribution in [1.82, 2.24) is 4.90 Å². The van der Waals surface area contributed by atoms with Crippen LogP contribution in [0.3, 0.4) is 0 Å². The fourth-order valence-corrected chi connectivity index (χ4v) is 2.79. The van der Waals surface area contributed by atoms with Crippen LogP contribution in [0, 0.1) is 6.92 Å². The summed E-state index contributed by atoms with van der Waals surface area (Å²) in [6.07, 6.45) is 3.80. The second-order valence-electron chi connectivity index (χ2n) is 5.12. The number of likely N-dealkylation sites (tertiary alicyclic amines) is 1. The lowest BCUT2D eigenvalue weighted by Gasteiger charge is -2.35. The average molecular weight is 282 g/mol. The fourth-order valence-electron chi connectivity index (χ4n) is 2.61. The van der Waals surface area contributed by atoms with Crippen molar-refractivity contribution in [1.29, 1.82) is 0 Å². The van der Waals surface area contributed by atoms with Gasteiger partial charge in [0, 0.05) is 29.8 Å². The molecule has 1 aliphatic heterocycles. The highest BCUT2D eigenvalue weighted by molar-refractivity contribution is 6.31. The van der Waals surface area contributed by atoms with E-state index in [9.17, 15) is 4.79 Å². The Morgan fingerprint density at radius 1 is 1.47 bits per heavy atom. The van der Waals surface area contributed by atoms with Gasteiger partial charge in [-0.2, -0.15) is 0 Å². The number of carbonyl (C=O) groups is 1. The molecule has 1 unspecified atom stereocenters. The van der Waals surface area contributed by atoms with Crippen molar-refractivity contribution < 1.29 is 9.90 Å². The Bertz CT molecular complexity index is 459. The van der Waals surface area contributed by atoms with Gasteiger partial charge in [0.15, 0.2) is 0 Å². The lowest BCUT2D eigenvalue weighted by Crippen LogP contribution is -2.44. The third-order valence-corrected chi connectivity index (χ3v) is 4.18. The number of nitrogens with zero attached hydrogens (tertiary/aromatic N) is 1. The van der Waals surface area contributed by atoms with Gasteiger partial charge in [0.2, 0.25) is 0 Å². The molecule has 1 atom stereocenters. The molecule has 1 aromatic carbocycles. The first-order valence-electron chi connectivity index (χ1n) is 6.81. The van der Waals surface area contributed by atoms with Crippen LogP contribution in [0.15, 0.2) is 18.2 Å². The normalized spacial score (nSPS) is 19.5. The van der Waals surface area contributed by atoms with Crippen molar-refractivity contribution >= 4 is 17.5 Å². The molecule has 104 valence electrons. The molecule has 0 aliphatic carbocycles. The van der Waals surface area contributed by atoms with E-state index in [2.05, 4.69) is 0 Å². The van der Waals surface area contributed by atoms with Crippen LogP contribution in [-0.2, 0) is 0 Å². The van der Waals surface area contributed by atoms with E-state index < -0.39 is 0 Å². The standard InChI is InChI=1S/C15H20ClNO2/c1-11-5-6-12(10-14(11)16)15(19)17-8-3-2-4-13(17)7-9-18/h5-6,10,13,18H,2-4,7-9H2,1H3. The van der Waals surface area contributed by atoms with Crippen molar-refractivity contribution in [3.63, 3.8) is 0 Å². The molecule has 0 radical (unpaired) electrons. The van der Waals surface area contributed by atoms with Crippen LogP contribution in [0.25, 0.3) is 0 Å². The van der Waals surface area contributed by atoms with Crippen molar-refractivity contribution in [2.24, 2.45) is 0 Å². The molecule has 1 N–H and O–H groups in total. The summed E-state index contributed by atoms with van der Waals surface area (Å²) in [6.45, 7) is 2.82. The summed E-state index contributed by atoms with van der Waals surface area (Å²) in [5.41, 5.74) is 1.62. The Balaban J connectivity index is 2.18. The van der Waals surface area contributed by atoms with Gasteiger partial charge in [-0.25, -0.2) is 0 Å². The Morgan fingerprint density at radius 3 is 2.95 bits per heavy atom. The van der Waals surface area contributed by atoms with Gasteiger partial charge in [-0.1, -0.05) is 17.7 Å². The smallest absolute Gasteiger partial charge is 0.254 e. The molecule has 0 spiro atoms. The zero-order chi connectivity index (χ0) is 13.8. The number of halogens is 1. The molecule has 1 fully saturated rings. The predicted octanol–water partition coefficient (Wildman–Crippen LogP) is 3.03. The zero-order valence-electron chi connectivity index (χ0n) is 11.2. The molecule has 4 heteroatoms. The van der Waals surface area contributed by atoms with Crippen LogP contribution >= 0.6 is 11.6 Å². The number of carbonyl (C=O) groups excluding carboxylic acids is 1. The lowest BCUT2D eigenvalue weighted by molar-refractivity contribution is 0.0574. The van der Waals surface area contributed by atoms with Gasteiger partial charge < -0.3 is 10.0 Å². The highest BCUT2D eigenvalue weighted by Crippen LogP contribution is 2.24. The highest BCUT2D eigenvalue weighted by atomic mass is 35.5. The van der Waals surface area contributed by atoms with Crippen molar-refractivity contribution in [2.45, 2.75) is 38.6 Å². The van der Waals surface area contributed by atoms with E-state index in [-0.39, 0.29) is 18.6 Å². The Morgan fingerprint density at radius 2 is 2.26 bits per heavy atom. The number of piperidine rings is 1. The topological polar surface area (TPSA) is 40.5 Å². The Kier molecular flexibility index (Phi) is 4.83. The maximum absolute atomic E-state index is 12.5. The van der Waals surface area contributed by atoms with Gasteiger partial charge in [0.1, 0.15) is 0 Å². The van der Waals surface area contributed by atoms with Crippen LogP contribution in [0.5, 0.6) is 0 Å². The van der Waals surface area contributed by atoms with Gasteiger partial charge in [-0.15, -0.1) is 0 Å². The second kappa shape index (κ2) is 6.40. The quantitative estimate of drug-likeness (QED) is 0.925. The van der Waals surface area contributed by atoms with Crippen LogP contribution in [0.4, 0.5) is 0 Å². The SMILES string of the molecule is Cc1ccc(C(=O)N2CCCCC2CCO)cc1Cl. The van der Waals surface area contributed by atoms with Gasteiger partial charge >= 0.3 is 0 Å². The summed E-state index contributed by atoms with van der Waals surface area (Å²) in [4.78, 5) is 14.4. The zero-order valence-corrected chi connectivity index (χ0v) is 12.0. The highest BCUT2D eigenvalue weighted by Gasteiger charge is 2.27. The Hall–Kier alpha value is -1.06. The predicted molar refractivity (Wildman–Crippen MR) is 76.6 cm³/mol. The third-order valence-electron chi connectivity index (χ3n) is 3.77. The van der Waals surface area contributed by atoms with Gasteiger partial charge in [0.25, 0.3) is 5.91 Å². The number of aliphatic hydroxyl groups is 1. The first-order chi connectivity index (χ1) is 9.13.